The Kier molecular flexibility index (Phi) is 10.1. The number of thiophene rings is 1. The van der Waals surface area contributed by atoms with Crippen molar-refractivity contribution in [2.24, 2.45) is 4.99 Å². The fourth-order valence-electron chi connectivity index (χ4n) is 1.42. The molecule has 1 aromatic heterocycles. The highest BCUT2D eigenvalue weighted by atomic mass is 127. The zero-order valence-electron chi connectivity index (χ0n) is 11.0. The minimum Gasteiger partial charge on any atom is -0.357 e. The highest BCUT2D eigenvalue weighted by Gasteiger charge is 2.08. The monoisotopic (exact) mass is 403 g/mol. The van der Waals surface area contributed by atoms with Gasteiger partial charge in [0.1, 0.15) is 6.54 Å². The Morgan fingerprint density at radius 3 is 2.68 bits per heavy atom. The van der Waals surface area contributed by atoms with Crippen molar-refractivity contribution in [1.82, 2.24) is 10.6 Å². The first-order chi connectivity index (χ1) is 8.63. The van der Waals surface area contributed by atoms with Crippen LogP contribution in [0, 0.1) is 0 Å². The molecule has 0 aliphatic heterocycles. The van der Waals surface area contributed by atoms with Gasteiger partial charge in [-0.05, 0) is 18.4 Å². The smallest absolute Gasteiger partial charge is 0.257 e. The van der Waals surface area contributed by atoms with Crippen molar-refractivity contribution in [3.8, 4) is 0 Å². The van der Waals surface area contributed by atoms with Crippen LogP contribution in [0.5, 0.6) is 0 Å². The number of rotatable bonds is 6. The summed E-state index contributed by atoms with van der Waals surface area (Å²) in [6, 6.07) is 4.08. The molecule has 1 heterocycles. The first-order valence-corrected chi connectivity index (χ1v) is 6.85. The molecular formula is C12H20F2IN3S. The predicted octanol–water partition coefficient (Wildman–Crippen LogP) is 3.29. The molecule has 7 heteroatoms. The molecule has 0 radical (unpaired) electrons. The molecule has 3 nitrogen and oxygen atoms in total. The Labute approximate surface area is 133 Å². The van der Waals surface area contributed by atoms with Gasteiger partial charge in [0.15, 0.2) is 5.96 Å². The Morgan fingerprint density at radius 1 is 1.42 bits per heavy atom. The second-order valence-electron chi connectivity index (χ2n) is 3.91. The third-order valence-corrected chi connectivity index (χ3v) is 3.44. The highest BCUT2D eigenvalue weighted by Crippen LogP contribution is 2.19. The van der Waals surface area contributed by atoms with Crippen molar-refractivity contribution >= 4 is 41.3 Å². The lowest BCUT2D eigenvalue weighted by atomic mass is 10.1. The molecule has 2 N–H and O–H groups in total. The number of guanidine groups is 1. The van der Waals surface area contributed by atoms with Crippen LogP contribution >= 0.6 is 35.3 Å². The number of nitrogens with one attached hydrogen (secondary N) is 2. The van der Waals surface area contributed by atoms with Crippen molar-refractivity contribution in [3.63, 3.8) is 0 Å². The van der Waals surface area contributed by atoms with Crippen molar-refractivity contribution < 1.29 is 8.78 Å². The van der Waals surface area contributed by atoms with E-state index in [9.17, 15) is 8.78 Å². The Bertz CT molecular complexity index is 358. The third-order valence-electron chi connectivity index (χ3n) is 2.34. The van der Waals surface area contributed by atoms with Crippen molar-refractivity contribution in [3.05, 3.63) is 22.4 Å². The molecule has 0 aliphatic rings. The van der Waals surface area contributed by atoms with Crippen LogP contribution in [-0.2, 0) is 0 Å². The van der Waals surface area contributed by atoms with E-state index < -0.39 is 13.0 Å². The fraction of sp³-hybridized carbons (Fsp3) is 0.583. The van der Waals surface area contributed by atoms with Gasteiger partial charge in [0.2, 0.25) is 0 Å². The van der Waals surface area contributed by atoms with Gasteiger partial charge in [0.05, 0.1) is 0 Å². The van der Waals surface area contributed by atoms with Crippen LogP contribution in [0.15, 0.2) is 22.5 Å². The Balaban J connectivity index is 0.00000324. The second kappa shape index (κ2) is 10.4. The molecule has 0 spiro atoms. The maximum Gasteiger partial charge on any atom is 0.257 e. The average molecular weight is 403 g/mol. The van der Waals surface area contributed by atoms with Gasteiger partial charge in [-0.15, -0.1) is 35.3 Å². The molecule has 0 fully saturated rings. The summed E-state index contributed by atoms with van der Waals surface area (Å²) >= 11 is 1.69. The Morgan fingerprint density at radius 2 is 2.16 bits per heavy atom. The lowest BCUT2D eigenvalue weighted by Gasteiger charge is -2.14. The van der Waals surface area contributed by atoms with E-state index in [0.717, 1.165) is 0 Å². The first kappa shape index (κ1) is 18.6. The maximum absolute atomic E-state index is 12.1. The molecular weight excluding hydrogens is 383 g/mol. The number of hydrogen-bond donors (Lipinski definition) is 2. The van der Waals surface area contributed by atoms with Gasteiger partial charge in [-0.25, -0.2) is 13.8 Å². The highest BCUT2D eigenvalue weighted by molar-refractivity contribution is 14.0. The van der Waals surface area contributed by atoms with Crippen LogP contribution < -0.4 is 10.6 Å². The summed E-state index contributed by atoms with van der Waals surface area (Å²) in [5.74, 6) is 0.779. The minimum absolute atomic E-state index is 0. The zero-order valence-corrected chi connectivity index (χ0v) is 14.2. The lowest BCUT2D eigenvalue weighted by Crippen LogP contribution is -2.39. The van der Waals surface area contributed by atoms with E-state index in [0.29, 0.717) is 25.0 Å². The molecule has 0 saturated carbocycles. The molecule has 110 valence electrons. The molecule has 1 unspecified atom stereocenters. The summed E-state index contributed by atoms with van der Waals surface area (Å²) in [5, 5.41) is 8.05. The van der Waals surface area contributed by atoms with Gasteiger partial charge in [-0.2, -0.15) is 0 Å². The molecule has 0 aromatic carbocycles. The molecule has 0 saturated heterocycles. The van der Waals surface area contributed by atoms with E-state index in [1.807, 2.05) is 18.4 Å². The summed E-state index contributed by atoms with van der Waals surface area (Å²) in [6.45, 7) is 4.86. The van der Waals surface area contributed by atoms with Crippen molar-refractivity contribution in [2.45, 2.75) is 26.2 Å². The van der Waals surface area contributed by atoms with Gasteiger partial charge >= 0.3 is 0 Å². The predicted molar refractivity (Wildman–Crippen MR) is 88.1 cm³/mol. The lowest BCUT2D eigenvalue weighted by molar-refractivity contribution is 0.158. The van der Waals surface area contributed by atoms with E-state index in [1.54, 1.807) is 11.3 Å². The molecule has 1 atom stereocenters. The van der Waals surface area contributed by atoms with Gasteiger partial charge in [-0.1, -0.05) is 13.0 Å². The van der Waals surface area contributed by atoms with E-state index in [4.69, 9.17) is 0 Å². The number of alkyl halides is 2. The second-order valence-corrected chi connectivity index (χ2v) is 4.89. The van der Waals surface area contributed by atoms with E-state index in [-0.39, 0.29) is 24.0 Å². The van der Waals surface area contributed by atoms with Gasteiger partial charge < -0.3 is 10.6 Å². The molecule has 1 aromatic rings. The summed E-state index contributed by atoms with van der Waals surface area (Å²) in [6.07, 6.45) is -2.41. The number of nitrogens with zero attached hydrogens (tertiary/aromatic N) is 1. The molecule has 0 bridgehead atoms. The SMILES string of the molecule is CCNC(=NCC(F)F)NCC(C)c1cccs1.I. The van der Waals surface area contributed by atoms with Crippen LogP contribution in [0.1, 0.15) is 24.6 Å². The molecule has 0 amide bonds. The van der Waals surface area contributed by atoms with Crippen molar-refractivity contribution in [1.29, 1.82) is 0 Å². The molecule has 0 aliphatic carbocycles. The number of aliphatic imine (C=N–C) groups is 1. The quantitative estimate of drug-likeness (QED) is 0.435. The van der Waals surface area contributed by atoms with Crippen LogP contribution in [0.2, 0.25) is 0 Å². The summed E-state index contributed by atoms with van der Waals surface area (Å²) in [4.78, 5) is 5.08. The summed E-state index contributed by atoms with van der Waals surface area (Å²) in [5.41, 5.74) is 0. The molecule has 19 heavy (non-hydrogen) atoms. The van der Waals surface area contributed by atoms with Gasteiger partial charge in [0, 0.05) is 23.9 Å². The van der Waals surface area contributed by atoms with E-state index in [2.05, 4.69) is 28.6 Å². The van der Waals surface area contributed by atoms with E-state index in [1.165, 1.54) is 4.88 Å². The van der Waals surface area contributed by atoms with Crippen LogP contribution in [0.25, 0.3) is 0 Å². The van der Waals surface area contributed by atoms with E-state index >= 15 is 0 Å². The maximum atomic E-state index is 12.1. The Hall–Kier alpha value is -0.440. The first-order valence-electron chi connectivity index (χ1n) is 5.97. The van der Waals surface area contributed by atoms with Crippen LogP contribution in [0.4, 0.5) is 8.78 Å². The minimum atomic E-state index is -2.41. The number of halogens is 3. The zero-order chi connectivity index (χ0) is 13.4. The third kappa shape index (κ3) is 7.66. The topological polar surface area (TPSA) is 36.4 Å². The average Bonchev–Trinajstić information content (AvgIpc) is 2.86. The fourth-order valence-corrected chi connectivity index (χ4v) is 2.21. The van der Waals surface area contributed by atoms with Crippen molar-refractivity contribution in [2.75, 3.05) is 19.6 Å². The largest absolute Gasteiger partial charge is 0.357 e. The summed E-state index contributed by atoms with van der Waals surface area (Å²) in [7, 11) is 0. The van der Waals surface area contributed by atoms with Gasteiger partial charge in [0.25, 0.3) is 6.43 Å². The molecule has 1 rings (SSSR count). The summed E-state index contributed by atoms with van der Waals surface area (Å²) < 4.78 is 24.2. The van der Waals surface area contributed by atoms with Crippen LogP contribution in [-0.4, -0.2) is 32.0 Å². The van der Waals surface area contributed by atoms with Gasteiger partial charge in [-0.3, -0.25) is 0 Å². The standard InChI is InChI=1S/C12H19F2N3S.HI/c1-3-15-12(17-8-11(13)14)16-7-9(2)10-5-4-6-18-10;/h4-6,9,11H,3,7-8H2,1-2H3,(H2,15,16,17);1H. The number of hydrogen-bond acceptors (Lipinski definition) is 2. The van der Waals surface area contributed by atoms with Crippen LogP contribution in [0.3, 0.4) is 0 Å². The normalized spacial score (nSPS) is 13.0.